The molecule has 19 heavy (non-hydrogen) atoms. The zero-order valence-electron chi connectivity index (χ0n) is 12.0. The van der Waals surface area contributed by atoms with Crippen LogP contribution in [0.2, 0.25) is 0 Å². The lowest BCUT2D eigenvalue weighted by atomic mass is 10.2. The molecular formula is C15H24N2OS. The number of amides is 1. The van der Waals surface area contributed by atoms with Gasteiger partial charge in [0.1, 0.15) is 0 Å². The molecule has 0 spiro atoms. The number of hydrogen-bond donors (Lipinski definition) is 2. The number of carbonyl (C=O) groups excluding carboxylic acids is 1. The molecule has 0 aliphatic carbocycles. The number of hydrogen-bond acceptors (Lipinski definition) is 3. The minimum Gasteiger partial charge on any atom is -0.355 e. The van der Waals surface area contributed by atoms with Crippen LogP contribution in [0.4, 0.5) is 0 Å². The lowest BCUT2D eigenvalue weighted by molar-refractivity contribution is -0.120. The molecule has 1 aromatic rings. The number of thioether (sulfide) groups is 1. The van der Waals surface area contributed by atoms with E-state index in [0.29, 0.717) is 0 Å². The van der Waals surface area contributed by atoms with E-state index in [1.165, 1.54) is 5.56 Å². The van der Waals surface area contributed by atoms with Crippen molar-refractivity contribution >= 4 is 17.7 Å². The smallest absolute Gasteiger partial charge is 0.233 e. The van der Waals surface area contributed by atoms with Crippen LogP contribution in [0, 0.1) is 0 Å². The van der Waals surface area contributed by atoms with Crippen molar-refractivity contribution in [3.8, 4) is 0 Å². The Morgan fingerprint density at radius 3 is 2.89 bits per heavy atom. The number of carbonyl (C=O) groups is 1. The average Bonchev–Trinajstić information content (AvgIpc) is 2.39. The maximum Gasteiger partial charge on any atom is 0.233 e. The largest absolute Gasteiger partial charge is 0.355 e. The van der Waals surface area contributed by atoms with Crippen LogP contribution < -0.4 is 10.6 Å². The Morgan fingerprint density at radius 1 is 1.42 bits per heavy atom. The van der Waals surface area contributed by atoms with Crippen LogP contribution in [0.25, 0.3) is 0 Å². The van der Waals surface area contributed by atoms with Crippen molar-refractivity contribution in [1.29, 1.82) is 0 Å². The summed E-state index contributed by atoms with van der Waals surface area (Å²) >= 11 is 1.61. The fraction of sp³-hybridized carbons (Fsp3) is 0.533. The Labute approximate surface area is 120 Å². The summed E-state index contributed by atoms with van der Waals surface area (Å²) in [6.07, 6.45) is 2.15. The summed E-state index contributed by atoms with van der Waals surface area (Å²) in [5.41, 5.74) is 1.24. The highest BCUT2D eigenvalue weighted by Crippen LogP contribution is 2.24. The van der Waals surface area contributed by atoms with Crippen LogP contribution in [-0.4, -0.2) is 24.7 Å². The second kappa shape index (κ2) is 8.99. The van der Waals surface area contributed by atoms with E-state index in [-0.39, 0.29) is 11.2 Å². The summed E-state index contributed by atoms with van der Waals surface area (Å²) in [5, 5.41) is 6.05. The van der Waals surface area contributed by atoms with Gasteiger partial charge in [-0.15, -0.1) is 11.8 Å². The van der Waals surface area contributed by atoms with Gasteiger partial charge in [-0.25, -0.2) is 0 Å². The van der Waals surface area contributed by atoms with Gasteiger partial charge in [0.15, 0.2) is 0 Å². The second-order valence-corrected chi connectivity index (χ2v) is 6.00. The highest BCUT2D eigenvalue weighted by Gasteiger charge is 2.13. The number of benzene rings is 1. The Kier molecular flexibility index (Phi) is 7.60. The Hall–Kier alpha value is -1.00. The molecule has 0 saturated carbocycles. The minimum absolute atomic E-state index is 0.0540. The van der Waals surface area contributed by atoms with Gasteiger partial charge < -0.3 is 10.6 Å². The molecule has 1 aromatic carbocycles. The first kappa shape index (κ1) is 16.1. The molecule has 0 fully saturated rings. The van der Waals surface area contributed by atoms with E-state index in [1.54, 1.807) is 11.8 Å². The van der Waals surface area contributed by atoms with Crippen molar-refractivity contribution < 1.29 is 4.79 Å². The van der Waals surface area contributed by atoms with Crippen molar-refractivity contribution in [2.24, 2.45) is 0 Å². The summed E-state index contributed by atoms with van der Waals surface area (Å²) in [4.78, 5) is 13.0. The lowest BCUT2D eigenvalue weighted by Gasteiger charge is -2.12. The van der Waals surface area contributed by atoms with E-state index in [4.69, 9.17) is 0 Å². The zero-order chi connectivity index (χ0) is 14.1. The molecule has 0 aromatic heterocycles. The maximum atomic E-state index is 11.9. The van der Waals surface area contributed by atoms with Crippen LogP contribution in [0.15, 0.2) is 29.2 Å². The topological polar surface area (TPSA) is 41.1 Å². The lowest BCUT2D eigenvalue weighted by Crippen LogP contribution is -2.31. The summed E-state index contributed by atoms with van der Waals surface area (Å²) in [5.74, 6) is 0.123. The van der Waals surface area contributed by atoms with Crippen molar-refractivity contribution in [1.82, 2.24) is 10.6 Å². The predicted molar refractivity (Wildman–Crippen MR) is 82.4 cm³/mol. The fourth-order valence-corrected chi connectivity index (χ4v) is 2.70. The van der Waals surface area contributed by atoms with E-state index in [0.717, 1.165) is 30.8 Å². The monoisotopic (exact) mass is 280 g/mol. The first-order valence-corrected chi connectivity index (χ1v) is 7.73. The van der Waals surface area contributed by atoms with E-state index >= 15 is 0 Å². The molecule has 0 saturated heterocycles. The molecule has 1 rings (SSSR count). The number of unbranched alkanes of at least 4 members (excludes halogenated alkanes) is 1. The zero-order valence-corrected chi connectivity index (χ0v) is 12.8. The van der Waals surface area contributed by atoms with Gasteiger partial charge in [0.25, 0.3) is 0 Å². The van der Waals surface area contributed by atoms with Crippen LogP contribution >= 0.6 is 11.8 Å². The van der Waals surface area contributed by atoms with Gasteiger partial charge >= 0.3 is 0 Å². The number of rotatable bonds is 8. The van der Waals surface area contributed by atoms with Gasteiger partial charge in [0.2, 0.25) is 5.91 Å². The quantitative estimate of drug-likeness (QED) is 0.568. The molecule has 0 aliphatic heterocycles. The third-order valence-electron chi connectivity index (χ3n) is 2.79. The standard InChI is InChI=1S/C15H24N2OS/c1-4-5-9-17-15(18)12(2)19-14-8-6-7-13(10-14)11-16-3/h6-8,10,12,16H,4-5,9,11H2,1-3H3,(H,17,18). The van der Waals surface area contributed by atoms with Crippen molar-refractivity contribution in [3.63, 3.8) is 0 Å². The third kappa shape index (κ3) is 6.12. The SMILES string of the molecule is CCCCNC(=O)C(C)Sc1cccc(CNC)c1. The molecule has 1 atom stereocenters. The van der Waals surface area contributed by atoms with Crippen molar-refractivity contribution in [2.45, 2.75) is 43.4 Å². The fourth-order valence-electron chi connectivity index (χ4n) is 1.72. The van der Waals surface area contributed by atoms with Crippen LogP contribution in [-0.2, 0) is 11.3 Å². The summed E-state index contributed by atoms with van der Waals surface area (Å²) in [6.45, 7) is 5.71. The maximum absolute atomic E-state index is 11.9. The van der Waals surface area contributed by atoms with Crippen LogP contribution in [0.1, 0.15) is 32.3 Å². The molecule has 0 aliphatic rings. The van der Waals surface area contributed by atoms with E-state index in [2.05, 4.69) is 35.8 Å². The molecule has 1 amide bonds. The molecule has 4 heteroatoms. The highest BCUT2D eigenvalue weighted by molar-refractivity contribution is 8.00. The summed E-state index contributed by atoms with van der Waals surface area (Å²) < 4.78 is 0. The Morgan fingerprint density at radius 2 is 2.21 bits per heavy atom. The minimum atomic E-state index is -0.0540. The van der Waals surface area contributed by atoms with Crippen molar-refractivity contribution in [3.05, 3.63) is 29.8 Å². The van der Waals surface area contributed by atoms with Crippen LogP contribution in [0.5, 0.6) is 0 Å². The molecule has 106 valence electrons. The molecule has 3 nitrogen and oxygen atoms in total. The molecule has 1 unspecified atom stereocenters. The number of nitrogens with one attached hydrogen (secondary N) is 2. The van der Waals surface area contributed by atoms with E-state index in [9.17, 15) is 4.79 Å². The van der Waals surface area contributed by atoms with E-state index in [1.807, 2.05) is 20.0 Å². The van der Waals surface area contributed by atoms with Gasteiger partial charge in [0.05, 0.1) is 5.25 Å². The van der Waals surface area contributed by atoms with Gasteiger partial charge in [-0.05, 0) is 38.1 Å². The first-order valence-electron chi connectivity index (χ1n) is 6.85. The summed E-state index contributed by atoms with van der Waals surface area (Å²) in [6, 6.07) is 8.32. The molecule has 0 heterocycles. The van der Waals surface area contributed by atoms with Gasteiger partial charge in [0, 0.05) is 18.0 Å². The predicted octanol–water partition coefficient (Wildman–Crippen LogP) is 2.80. The molecule has 0 radical (unpaired) electrons. The van der Waals surface area contributed by atoms with E-state index < -0.39 is 0 Å². The third-order valence-corrected chi connectivity index (χ3v) is 3.88. The van der Waals surface area contributed by atoms with Gasteiger partial charge in [-0.1, -0.05) is 25.5 Å². The Bertz CT molecular complexity index is 395. The Balaban J connectivity index is 2.48. The summed E-state index contributed by atoms with van der Waals surface area (Å²) in [7, 11) is 1.93. The average molecular weight is 280 g/mol. The highest BCUT2D eigenvalue weighted by atomic mass is 32.2. The van der Waals surface area contributed by atoms with Crippen LogP contribution in [0.3, 0.4) is 0 Å². The first-order chi connectivity index (χ1) is 9.17. The normalized spacial score (nSPS) is 12.2. The molecule has 0 bridgehead atoms. The van der Waals surface area contributed by atoms with Gasteiger partial charge in [-0.2, -0.15) is 0 Å². The molecular weight excluding hydrogens is 256 g/mol. The molecule has 2 N–H and O–H groups in total. The second-order valence-electron chi connectivity index (χ2n) is 4.58. The van der Waals surface area contributed by atoms with Crippen molar-refractivity contribution in [2.75, 3.05) is 13.6 Å². The van der Waals surface area contributed by atoms with Gasteiger partial charge in [-0.3, -0.25) is 4.79 Å².